The van der Waals surface area contributed by atoms with Crippen LogP contribution in [0.25, 0.3) is 6.08 Å². The molecule has 0 saturated carbocycles. The molecule has 7 heteroatoms. The van der Waals surface area contributed by atoms with Gasteiger partial charge in [0.05, 0.1) is 5.57 Å². The molecule has 0 aliphatic carbocycles. The van der Waals surface area contributed by atoms with Crippen molar-refractivity contribution in [3.8, 4) is 0 Å². The fraction of sp³-hybridized carbons (Fsp3) is 0.188. The molecule has 23 heavy (non-hydrogen) atoms. The fourth-order valence-corrected chi connectivity index (χ4v) is 2.87. The van der Waals surface area contributed by atoms with Gasteiger partial charge in [0.25, 0.3) is 0 Å². The highest BCUT2D eigenvalue weighted by Crippen LogP contribution is 2.32. The van der Waals surface area contributed by atoms with Gasteiger partial charge in [0.1, 0.15) is 6.04 Å². The molecule has 3 rings (SSSR count). The molecule has 6 nitrogen and oxygen atoms in total. The van der Waals surface area contributed by atoms with E-state index in [-0.39, 0.29) is 6.04 Å². The maximum absolute atomic E-state index is 11.9. The summed E-state index contributed by atoms with van der Waals surface area (Å²) < 4.78 is 1.69. The van der Waals surface area contributed by atoms with Crippen molar-refractivity contribution in [3.05, 3.63) is 53.2 Å². The van der Waals surface area contributed by atoms with E-state index in [4.69, 9.17) is 5.73 Å². The number of thioether (sulfide) groups is 1. The molecule has 0 unspecified atom stereocenters. The standard InChI is InChI=1S/C16H17N5OS/c1-10-13(14(17)22)12(9-8-11-6-4-3-5-7-11)21-15(18-10)19-16(20-21)23-2/h3-9,12H,1-2H3,(H2,17,22)(H,18,19,20)/b9-8-/t12-/m1/s1. The summed E-state index contributed by atoms with van der Waals surface area (Å²) in [7, 11) is 0. The summed E-state index contributed by atoms with van der Waals surface area (Å²) in [6, 6.07) is 9.50. The van der Waals surface area contributed by atoms with Crippen LogP contribution >= 0.6 is 11.8 Å². The van der Waals surface area contributed by atoms with Crippen LogP contribution < -0.4 is 11.1 Å². The minimum absolute atomic E-state index is 0.377. The molecule has 0 bridgehead atoms. The molecule has 1 aromatic carbocycles. The van der Waals surface area contributed by atoms with Gasteiger partial charge in [0.2, 0.25) is 17.0 Å². The largest absolute Gasteiger partial charge is 0.366 e. The van der Waals surface area contributed by atoms with Crippen LogP contribution in [0.15, 0.2) is 52.8 Å². The molecule has 1 aliphatic heterocycles. The normalized spacial score (nSPS) is 17.2. The molecule has 2 aromatic rings. The van der Waals surface area contributed by atoms with E-state index in [0.29, 0.717) is 22.4 Å². The first kappa shape index (κ1) is 15.4. The van der Waals surface area contributed by atoms with Crippen LogP contribution in [0, 0.1) is 0 Å². The maximum atomic E-state index is 11.9. The number of aromatic nitrogens is 3. The Morgan fingerprint density at radius 1 is 1.39 bits per heavy atom. The molecule has 1 amide bonds. The molecule has 0 spiro atoms. The molecule has 0 saturated heterocycles. The maximum Gasteiger partial charge on any atom is 0.248 e. The fourth-order valence-electron chi connectivity index (χ4n) is 2.52. The van der Waals surface area contributed by atoms with Crippen molar-refractivity contribution in [3.63, 3.8) is 0 Å². The van der Waals surface area contributed by atoms with Crippen LogP contribution in [0.2, 0.25) is 0 Å². The van der Waals surface area contributed by atoms with E-state index in [1.165, 1.54) is 11.8 Å². The molecule has 118 valence electrons. The first-order valence-electron chi connectivity index (χ1n) is 7.11. The monoisotopic (exact) mass is 327 g/mol. The van der Waals surface area contributed by atoms with Gasteiger partial charge in [-0.2, -0.15) is 4.98 Å². The van der Waals surface area contributed by atoms with Crippen molar-refractivity contribution in [1.82, 2.24) is 14.8 Å². The molecule has 3 N–H and O–H groups in total. The van der Waals surface area contributed by atoms with Gasteiger partial charge in [-0.25, -0.2) is 4.68 Å². The van der Waals surface area contributed by atoms with Crippen LogP contribution in [0.3, 0.4) is 0 Å². The van der Waals surface area contributed by atoms with E-state index in [9.17, 15) is 4.79 Å². The number of nitrogens with one attached hydrogen (secondary N) is 1. The molecule has 0 radical (unpaired) electrons. The Hall–Kier alpha value is -2.54. The number of hydrogen-bond acceptors (Lipinski definition) is 5. The summed E-state index contributed by atoms with van der Waals surface area (Å²) in [4.78, 5) is 16.3. The molecule has 1 aliphatic rings. The number of allylic oxidation sites excluding steroid dienone is 2. The topological polar surface area (TPSA) is 85.8 Å². The second-order valence-electron chi connectivity index (χ2n) is 5.11. The number of hydrogen-bond donors (Lipinski definition) is 2. The summed E-state index contributed by atoms with van der Waals surface area (Å²) in [5.74, 6) is 0.143. The highest BCUT2D eigenvalue weighted by molar-refractivity contribution is 7.98. The van der Waals surface area contributed by atoms with Crippen molar-refractivity contribution >= 4 is 29.7 Å². The van der Waals surface area contributed by atoms with Gasteiger partial charge in [-0.1, -0.05) is 54.2 Å². The number of rotatable bonds is 4. The van der Waals surface area contributed by atoms with Gasteiger partial charge in [0.15, 0.2) is 0 Å². The van der Waals surface area contributed by atoms with E-state index >= 15 is 0 Å². The highest BCUT2D eigenvalue weighted by atomic mass is 32.2. The lowest BCUT2D eigenvalue weighted by Crippen LogP contribution is -2.30. The number of fused-ring (bicyclic) bond motifs is 1. The van der Waals surface area contributed by atoms with Gasteiger partial charge in [0, 0.05) is 5.70 Å². The third-order valence-electron chi connectivity index (χ3n) is 3.59. The number of benzene rings is 1. The van der Waals surface area contributed by atoms with Crippen molar-refractivity contribution in [2.75, 3.05) is 11.6 Å². The number of anilines is 1. The zero-order valence-electron chi connectivity index (χ0n) is 12.9. The SMILES string of the molecule is CSc1nc2n(n1)[C@H](/C=C\c1ccccc1)C(C(N)=O)=C(C)N2. The Morgan fingerprint density at radius 3 is 2.78 bits per heavy atom. The number of primary amides is 1. The summed E-state index contributed by atoms with van der Waals surface area (Å²) in [5, 5.41) is 8.18. The van der Waals surface area contributed by atoms with Crippen molar-refractivity contribution in [1.29, 1.82) is 0 Å². The molecule has 0 fully saturated rings. The molecule has 1 aromatic heterocycles. The van der Waals surface area contributed by atoms with Crippen molar-refractivity contribution in [2.24, 2.45) is 5.73 Å². The van der Waals surface area contributed by atoms with Gasteiger partial charge in [-0.05, 0) is 18.7 Å². The highest BCUT2D eigenvalue weighted by Gasteiger charge is 2.30. The van der Waals surface area contributed by atoms with E-state index < -0.39 is 5.91 Å². The minimum atomic E-state index is -0.468. The predicted molar refractivity (Wildman–Crippen MR) is 91.8 cm³/mol. The van der Waals surface area contributed by atoms with Gasteiger partial charge < -0.3 is 11.1 Å². The van der Waals surface area contributed by atoms with Crippen LogP contribution in [-0.4, -0.2) is 26.9 Å². The molecular weight excluding hydrogens is 310 g/mol. The first-order valence-corrected chi connectivity index (χ1v) is 8.34. The van der Waals surface area contributed by atoms with Crippen molar-refractivity contribution < 1.29 is 4.79 Å². The smallest absolute Gasteiger partial charge is 0.248 e. The minimum Gasteiger partial charge on any atom is -0.366 e. The Balaban J connectivity index is 2.04. The quantitative estimate of drug-likeness (QED) is 0.842. The van der Waals surface area contributed by atoms with E-state index in [1.54, 1.807) is 4.68 Å². The summed E-state index contributed by atoms with van der Waals surface area (Å²) >= 11 is 1.45. The second kappa shape index (κ2) is 6.29. The average molecular weight is 327 g/mol. The number of carbonyl (C=O) groups excluding carboxylic acids is 1. The lowest BCUT2D eigenvalue weighted by molar-refractivity contribution is -0.115. The third kappa shape index (κ3) is 3.00. The second-order valence-corrected chi connectivity index (χ2v) is 5.88. The third-order valence-corrected chi connectivity index (χ3v) is 4.13. The average Bonchev–Trinajstić information content (AvgIpc) is 2.95. The molecule has 2 heterocycles. The Kier molecular flexibility index (Phi) is 4.20. The van der Waals surface area contributed by atoms with Gasteiger partial charge in [-0.3, -0.25) is 4.79 Å². The zero-order chi connectivity index (χ0) is 16.4. The lowest BCUT2D eigenvalue weighted by Gasteiger charge is -2.25. The lowest BCUT2D eigenvalue weighted by atomic mass is 10.0. The van der Waals surface area contributed by atoms with E-state index in [2.05, 4.69) is 15.4 Å². The number of nitrogens with two attached hydrogens (primary N) is 1. The number of nitrogens with zero attached hydrogens (tertiary/aromatic N) is 3. The van der Waals surface area contributed by atoms with Crippen LogP contribution in [0.4, 0.5) is 5.95 Å². The summed E-state index contributed by atoms with van der Waals surface area (Å²) in [6.07, 6.45) is 5.78. The zero-order valence-corrected chi connectivity index (χ0v) is 13.7. The first-order chi connectivity index (χ1) is 11.1. The number of amides is 1. The summed E-state index contributed by atoms with van der Waals surface area (Å²) in [5.41, 5.74) is 7.81. The van der Waals surface area contributed by atoms with E-state index in [0.717, 1.165) is 5.56 Å². The van der Waals surface area contributed by atoms with Crippen LogP contribution in [0.5, 0.6) is 0 Å². The van der Waals surface area contributed by atoms with Crippen LogP contribution in [0.1, 0.15) is 18.5 Å². The van der Waals surface area contributed by atoms with Crippen LogP contribution in [-0.2, 0) is 4.79 Å². The molecular formula is C16H17N5OS. The predicted octanol–water partition coefficient (Wildman–Crippen LogP) is 2.44. The Bertz CT molecular complexity index is 794. The van der Waals surface area contributed by atoms with Gasteiger partial charge >= 0.3 is 0 Å². The van der Waals surface area contributed by atoms with E-state index in [1.807, 2.05) is 55.7 Å². The Morgan fingerprint density at radius 2 is 2.13 bits per heavy atom. The summed E-state index contributed by atoms with van der Waals surface area (Å²) in [6.45, 7) is 1.82. The Labute approximate surface area is 138 Å². The molecule has 1 atom stereocenters. The number of carbonyl (C=O) groups is 1. The van der Waals surface area contributed by atoms with Crippen molar-refractivity contribution in [2.45, 2.75) is 18.1 Å². The van der Waals surface area contributed by atoms with Gasteiger partial charge in [-0.15, -0.1) is 5.10 Å².